The van der Waals surface area contributed by atoms with Gasteiger partial charge in [0, 0.05) is 0 Å². The normalized spacial score (nSPS) is 13.6. The molecule has 2 N–H and O–H groups in total. The van der Waals surface area contributed by atoms with E-state index in [0.29, 0.717) is 0 Å². The van der Waals surface area contributed by atoms with Crippen LogP contribution in [0.1, 0.15) is 0 Å². The Labute approximate surface area is 135 Å². The van der Waals surface area contributed by atoms with E-state index in [1.807, 2.05) is 0 Å². The second-order valence-corrected chi connectivity index (χ2v) is 7.21. The Morgan fingerprint density at radius 2 is 0.577 bits per heavy atom. The predicted octanol–water partition coefficient (Wildman–Crippen LogP) is 4.26. The average molecular weight is 416 g/mol. The highest BCUT2D eigenvalue weighted by Gasteiger charge is 2.50. The fraction of sp³-hybridized carbons (Fsp3) is 0. The molecule has 0 aliphatic carbocycles. The van der Waals surface area contributed by atoms with Crippen molar-refractivity contribution in [3.8, 4) is 0 Å². The molecular weight excluding hydrogens is 414 g/mol. The average Bonchev–Trinajstić information content (AvgIpc) is 2.53. The molecule has 0 amide bonds. The lowest BCUT2D eigenvalue weighted by molar-refractivity contribution is 0.313. The Bertz CT molecular complexity index is 895. The van der Waals surface area contributed by atoms with Crippen LogP contribution in [0.15, 0.2) is 9.79 Å². The summed E-state index contributed by atoms with van der Waals surface area (Å²) in [6, 6.07) is 0. The molecule has 0 aromatic heterocycles. The molecule has 144 valence electrons. The van der Waals surface area contributed by atoms with E-state index >= 15 is 0 Å². The van der Waals surface area contributed by atoms with Gasteiger partial charge < -0.3 is 9.11 Å². The van der Waals surface area contributed by atoms with Crippen molar-refractivity contribution in [2.45, 2.75) is 9.79 Å². The quantitative estimate of drug-likeness (QED) is 0.437. The lowest BCUT2D eigenvalue weighted by Gasteiger charge is -2.32. The molecule has 14 heteroatoms. The molecule has 0 saturated heterocycles. The fourth-order valence-corrected chi connectivity index (χ4v) is 3.77. The van der Waals surface area contributed by atoms with Crippen LogP contribution in [-0.2, 0) is 9.63 Å². The molecule has 3 nitrogen and oxygen atoms in total. The van der Waals surface area contributed by atoms with Gasteiger partial charge in [-0.3, -0.25) is 0 Å². The molecule has 0 spiro atoms. The topological polar surface area (TPSA) is 57.5 Å². The van der Waals surface area contributed by atoms with Gasteiger partial charge in [-0.25, -0.2) is 48.1 Å². The lowest BCUT2D eigenvalue weighted by Crippen LogP contribution is -2.38. The molecule has 0 aliphatic rings. The van der Waals surface area contributed by atoms with Crippen LogP contribution < -0.4 is 0 Å². The summed E-state index contributed by atoms with van der Waals surface area (Å²) in [5.74, 6) is -30.4. The summed E-state index contributed by atoms with van der Waals surface area (Å²) in [5.41, 5.74) is 0. The third kappa shape index (κ3) is 2.47. The number of rotatable bonds is 2. The second-order valence-electron chi connectivity index (χ2n) is 4.66. The van der Waals surface area contributed by atoms with Gasteiger partial charge in [-0.15, -0.1) is 0 Å². The van der Waals surface area contributed by atoms with Crippen molar-refractivity contribution in [1.29, 1.82) is 0 Å². The van der Waals surface area contributed by atoms with Crippen LogP contribution in [0.3, 0.4) is 0 Å². The van der Waals surface area contributed by atoms with E-state index in [0.717, 1.165) is 0 Å². The lowest BCUT2D eigenvalue weighted by atomic mass is 10.3. The molecule has 0 aliphatic heterocycles. The summed E-state index contributed by atoms with van der Waals surface area (Å²) in [7, 11) is -8.04. The highest BCUT2D eigenvalue weighted by molar-refractivity contribution is 8.10. The molecule has 26 heavy (non-hydrogen) atoms. The van der Waals surface area contributed by atoms with E-state index in [9.17, 15) is 57.2 Å². The minimum atomic E-state index is -8.04. The first-order valence-corrected chi connectivity index (χ1v) is 7.71. The van der Waals surface area contributed by atoms with Gasteiger partial charge in [-0.1, -0.05) is 0 Å². The van der Waals surface area contributed by atoms with Crippen molar-refractivity contribution in [2.24, 2.45) is 0 Å². The highest BCUT2D eigenvalue weighted by Crippen LogP contribution is 2.45. The molecular formula is C12H2F10O3S. The van der Waals surface area contributed by atoms with Crippen molar-refractivity contribution in [3.05, 3.63) is 58.2 Å². The first kappa shape index (κ1) is 20.1. The van der Waals surface area contributed by atoms with Crippen LogP contribution in [0.2, 0.25) is 0 Å². The molecule has 0 atom stereocenters. The Morgan fingerprint density at radius 3 is 0.769 bits per heavy atom. The molecule has 0 unspecified atom stereocenters. The van der Waals surface area contributed by atoms with Crippen LogP contribution in [0.5, 0.6) is 0 Å². The zero-order chi connectivity index (χ0) is 20.4. The van der Waals surface area contributed by atoms with Crippen molar-refractivity contribution in [1.82, 2.24) is 0 Å². The third-order valence-corrected chi connectivity index (χ3v) is 5.26. The number of benzene rings is 2. The van der Waals surface area contributed by atoms with Crippen molar-refractivity contribution >= 4 is 9.63 Å². The van der Waals surface area contributed by atoms with Crippen molar-refractivity contribution in [3.63, 3.8) is 0 Å². The summed E-state index contributed by atoms with van der Waals surface area (Å²) in [4.78, 5) is -6.19. The van der Waals surface area contributed by atoms with Gasteiger partial charge >= 0.3 is 0 Å². The molecule has 2 rings (SSSR count). The van der Waals surface area contributed by atoms with Gasteiger partial charge in [-0.2, -0.15) is 0 Å². The van der Waals surface area contributed by atoms with Gasteiger partial charge in [0.2, 0.25) is 11.6 Å². The molecule has 0 fully saturated rings. The van der Waals surface area contributed by atoms with Crippen molar-refractivity contribution < 1.29 is 57.2 Å². The maximum atomic E-state index is 13.7. The van der Waals surface area contributed by atoms with E-state index in [2.05, 4.69) is 0 Å². The van der Waals surface area contributed by atoms with E-state index in [1.54, 1.807) is 0 Å². The summed E-state index contributed by atoms with van der Waals surface area (Å²) in [6.07, 6.45) is 0. The monoisotopic (exact) mass is 416 g/mol. The predicted molar refractivity (Wildman–Crippen MR) is 62.4 cm³/mol. The summed E-state index contributed by atoms with van der Waals surface area (Å²) < 4.78 is 164. The van der Waals surface area contributed by atoms with Gasteiger partial charge in [0.15, 0.2) is 46.5 Å². The first-order valence-electron chi connectivity index (χ1n) is 5.83. The molecule has 2 aromatic carbocycles. The smallest absolute Gasteiger partial charge is 0.200 e. The maximum absolute atomic E-state index is 13.7. The van der Waals surface area contributed by atoms with E-state index < -0.39 is 77.6 Å². The van der Waals surface area contributed by atoms with Crippen molar-refractivity contribution in [2.75, 3.05) is 0 Å². The zero-order valence-electron chi connectivity index (χ0n) is 11.5. The van der Waals surface area contributed by atoms with Crippen LogP contribution in [-0.4, -0.2) is 13.3 Å². The largest absolute Gasteiger partial charge is 0.300 e. The Hall–Kier alpha value is -2.19. The number of hydrogen-bond donors (Lipinski definition) is 2. The van der Waals surface area contributed by atoms with E-state index in [-0.39, 0.29) is 0 Å². The minimum absolute atomic E-state index is 2.88. The summed E-state index contributed by atoms with van der Waals surface area (Å²) in [5, 5.41) is 0. The molecule has 0 heterocycles. The van der Waals surface area contributed by atoms with Crippen LogP contribution in [0, 0.1) is 58.2 Å². The summed E-state index contributed by atoms with van der Waals surface area (Å²) >= 11 is 0. The molecule has 2 aromatic rings. The fourth-order valence-electron chi connectivity index (χ4n) is 1.92. The van der Waals surface area contributed by atoms with Crippen LogP contribution in [0.4, 0.5) is 43.9 Å². The Kier molecular flexibility index (Phi) is 4.38. The number of halogens is 10. The zero-order valence-corrected chi connectivity index (χ0v) is 12.3. The van der Waals surface area contributed by atoms with Gasteiger partial charge in [0.1, 0.15) is 19.4 Å². The van der Waals surface area contributed by atoms with Gasteiger partial charge in [0.05, 0.1) is 0 Å². The second kappa shape index (κ2) is 5.65. The van der Waals surface area contributed by atoms with Gasteiger partial charge in [-0.05, 0) is 0 Å². The minimum Gasteiger partial charge on any atom is -0.300 e. The maximum Gasteiger partial charge on any atom is 0.200 e. The van der Waals surface area contributed by atoms with Crippen LogP contribution >= 0.6 is 0 Å². The third-order valence-electron chi connectivity index (χ3n) is 3.07. The Morgan fingerprint density at radius 1 is 0.423 bits per heavy atom. The highest BCUT2D eigenvalue weighted by atomic mass is 32.3. The standard InChI is InChI=1S/C12H2F10O3S/c13-1-3(15)7(19)11(8(20)4(1)16)26(23,24,25)12-9(21)5(17)2(14)6(18)10(12)22/h(H2,23,24,25). The SMILES string of the molecule is O=S(O)(O)(c1c(F)c(F)c(F)c(F)c1F)c1c(F)c(F)c(F)c(F)c1F. The van der Waals surface area contributed by atoms with Crippen LogP contribution in [0.25, 0.3) is 0 Å². The molecule has 0 radical (unpaired) electrons. The van der Waals surface area contributed by atoms with Gasteiger partial charge in [0.25, 0.3) is 0 Å². The first-order chi connectivity index (χ1) is 11.6. The van der Waals surface area contributed by atoms with E-state index in [4.69, 9.17) is 0 Å². The van der Waals surface area contributed by atoms with E-state index in [1.165, 1.54) is 0 Å². The Balaban J connectivity index is 3.13. The molecule has 0 bridgehead atoms. The summed E-state index contributed by atoms with van der Waals surface area (Å²) in [6.45, 7) is 0. The molecule has 0 saturated carbocycles. The number of hydrogen-bond acceptors (Lipinski definition) is 1.